The fourth-order valence-electron chi connectivity index (χ4n) is 2.19. The zero-order valence-corrected chi connectivity index (χ0v) is 12.1. The minimum atomic E-state index is -5.36. The second kappa shape index (κ2) is 5.84. The summed E-state index contributed by atoms with van der Waals surface area (Å²) in [5.41, 5.74) is 0.261. The molecule has 0 spiro atoms. The maximum atomic E-state index is 12.8. The number of hydrogen-bond acceptors (Lipinski definition) is 4. The normalized spacial score (nSPS) is 16.0. The van der Waals surface area contributed by atoms with Gasteiger partial charge in [-0.15, -0.1) is 0 Å². The lowest BCUT2D eigenvalue weighted by Crippen LogP contribution is -2.32. The summed E-state index contributed by atoms with van der Waals surface area (Å²) in [5.74, 6) is 0. The van der Waals surface area contributed by atoms with E-state index in [2.05, 4.69) is 0 Å². The largest absolute Gasteiger partial charge is 0.501 e. The molecule has 0 heterocycles. The van der Waals surface area contributed by atoms with E-state index in [0.29, 0.717) is 19.5 Å². The number of alkyl halides is 3. The molecule has 4 nitrogen and oxygen atoms in total. The molecule has 0 aromatic heterocycles. The molecule has 1 saturated carbocycles. The third-order valence-corrected chi connectivity index (χ3v) is 4.89. The minimum Gasteiger partial charge on any atom is -0.367 e. The molecule has 1 aromatic carbocycles. The van der Waals surface area contributed by atoms with Crippen molar-refractivity contribution in [2.45, 2.75) is 35.7 Å². The summed E-state index contributed by atoms with van der Waals surface area (Å²) in [6.07, 6.45) is 2.30. The van der Waals surface area contributed by atoms with Gasteiger partial charge in [0.2, 0.25) is 0 Å². The van der Waals surface area contributed by atoms with E-state index in [9.17, 15) is 21.6 Å². The maximum absolute atomic E-state index is 12.8. The lowest BCUT2D eigenvalue weighted by atomic mass is 10.2. The average molecular weight is 322 g/mol. The number of anilines is 1. The lowest BCUT2D eigenvalue weighted by molar-refractivity contribution is -0.0435. The molecule has 118 valence electrons. The summed E-state index contributed by atoms with van der Waals surface area (Å²) >= 11 is 0. The molecule has 0 atom stereocenters. The monoisotopic (exact) mass is 322 g/mol. The number of sulfone groups is 1. The van der Waals surface area contributed by atoms with Crippen LogP contribution in [0, 0.1) is 0 Å². The van der Waals surface area contributed by atoms with Gasteiger partial charge in [-0.3, -0.25) is 0 Å². The summed E-state index contributed by atoms with van der Waals surface area (Å²) in [4.78, 5) is 1.05. The van der Waals surface area contributed by atoms with E-state index in [1.165, 1.54) is 12.1 Å². The second-order valence-corrected chi connectivity index (χ2v) is 6.89. The zero-order valence-electron chi connectivity index (χ0n) is 11.3. The zero-order chi connectivity index (χ0) is 15.7. The van der Waals surface area contributed by atoms with Crippen LogP contribution in [0.2, 0.25) is 0 Å². The standard InChI is InChI=1S/C13H17F3N2O2S/c14-13(15,16)21(19,20)12-5-2-1-4-11(12)18(9-3-8-17)10-6-7-10/h1-2,4-5,10H,3,6-9,17H2. The topological polar surface area (TPSA) is 63.4 Å². The summed E-state index contributed by atoms with van der Waals surface area (Å²) in [7, 11) is -5.36. The highest BCUT2D eigenvalue weighted by Crippen LogP contribution is 2.39. The number of benzene rings is 1. The molecule has 1 aliphatic carbocycles. The van der Waals surface area contributed by atoms with Crippen LogP contribution in [0.3, 0.4) is 0 Å². The Labute approximate surface area is 121 Å². The van der Waals surface area contributed by atoms with Crippen LogP contribution < -0.4 is 10.6 Å². The van der Waals surface area contributed by atoms with Crippen molar-refractivity contribution < 1.29 is 21.6 Å². The first-order valence-corrected chi connectivity index (χ1v) is 8.14. The van der Waals surface area contributed by atoms with Gasteiger partial charge in [-0.05, 0) is 37.9 Å². The average Bonchev–Trinajstić information content (AvgIpc) is 3.23. The fourth-order valence-corrected chi connectivity index (χ4v) is 3.16. The van der Waals surface area contributed by atoms with Gasteiger partial charge in [0.05, 0.1) is 10.6 Å². The molecule has 0 saturated heterocycles. The van der Waals surface area contributed by atoms with E-state index in [-0.39, 0.29) is 11.7 Å². The van der Waals surface area contributed by atoms with E-state index in [1.54, 1.807) is 11.0 Å². The third-order valence-electron chi connectivity index (χ3n) is 3.36. The molecule has 2 N–H and O–H groups in total. The first-order chi connectivity index (χ1) is 9.79. The van der Waals surface area contributed by atoms with Gasteiger partial charge >= 0.3 is 5.51 Å². The van der Waals surface area contributed by atoms with E-state index < -0.39 is 20.2 Å². The number of halogens is 3. The van der Waals surface area contributed by atoms with Gasteiger partial charge < -0.3 is 10.6 Å². The van der Waals surface area contributed by atoms with Gasteiger partial charge in [0.15, 0.2) is 0 Å². The van der Waals surface area contributed by atoms with Gasteiger partial charge in [0.1, 0.15) is 0 Å². The Kier molecular flexibility index (Phi) is 4.48. The molecular weight excluding hydrogens is 305 g/mol. The summed E-state index contributed by atoms with van der Waals surface area (Å²) < 4.78 is 61.9. The van der Waals surface area contributed by atoms with Crippen LogP contribution in [0.1, 0.15) is 19.3 Å². The summed E-state index contributed by atoms with van der Waals surface area (Å²) in [6.45, 7) is 0.850. The molecule has 0 bridgehead atoms. The molecule has 0 radical (unpaired) electrons. The van der Waals surface area contributed by atoms with Crippen LogP contribution in [-0.4, -0.2) is 33.1 Å². The van der Waals surface area contributed by atoms with Crippen molar-refractivity contribution in [1.29, 1.82) is 0 Å². The van der Waals surface area contributed by atoms with Crippen molar-refractivity contribution in [2.75, 3.05) is 18.0 Å². The molecule has 1 aliphatic rings. The van der Waals surface area contributed by atoms with Gasteiger partial charge in [0, 0.05) is 12.6 Å². The number of nitrogens with two attached hydrogens (primary N) is 1. The van der Waals surface area contributed by atoms with Crippen LogP contribution in [0.4, 0.5) is 18.9 Å². The molecule has 0 aliphatic heterocycles. The first kappa shape index (κ1) is 16.1. The Morgan fingerprint density at radius 1 is 1.24 bits per heavy atom. The van der Waals surface area contributed by atoms with Crippen LogP contribution >= 0.6 is 0 Å². The van der Waals surface area contributed by atoms with Crippen molar-refractivity contribution >= 4 is 15.5 Å². The van der Waals surface area contributed by atoms with Crippen LogP contribution in [-0.2, 0) is 9.84 Å². The van der Waals surface area contributed by atoms with E-state index in [0.717, 1.165) is 18.9 Å². The Bertz CT molecular complexity index is 598. The Balaban J connectivity index is 2.45. The predicted molar refractivity (Wildman–Crippen MR) is 73.7 cm³/mol. The smallest absolute Gasteiger partial charge is 0.367 e. The van der Waals surface area contributed by atoms with Gasteiger partial charge in [-0.2, -0.15) is 13.2 Å². The minimum absolute atomic E-state index is 0.0983. The quantitative estimate of drug-likeness (QED) is 0.873. The predicted octanol–water partition coefficient (Wildman–Crippen LogP) is 2.30. The number of nitrogens with zero attached hydrogens (tertiary/aromatic N) is 1. The number of rotatable bonds is 6. The van der Waals surface area contributed by atoms with Crippen molar-refractivity contribution in [3.8, 4) is 0 Å². The lowest BCUT2D eigenvalue weighted by Gasteiger charge is -2.27. The van der Waals surface area contributed by atoms with Gasteiger partial charge in [-0.25, -0.2) is 8.42 Å². The Morgan fingerprint density at radius 2 is 1.86 bits per heavy atom. The molecule has 0 amide bonds. The number of hydrogen-bond donors (Lipinski definition) is 1. The summed E-state index contributed by atoms with van der Waals surface area (Å²) in [6, 6.07) is 5.38. The molecule has 2 rings (SSSR count). The molecule has 21 heavy (non-hydrogen) atoms. The SMILES string of the molecule is NCCCN(c1ccccc1S(=O)(=O)C(F)(F)F)C1CC1. The van der Waals surface area contributed by atoms with Crippen molar-refractivity contribution in [2.24, 2.45) is 5.73 Å². The fraction of sp³-hybridized carbons (Fsp3) is 0.538. The molecular formula is C13H17F3N2O2S. The van der Waals surface area contributed by atoms with Crippen LogP contribution in [0.25, 0.3) is 0 Å². The molecule has 8 heteroatoms. The van der Waals surface area contributed by atoms with E-state index in [4.69, 9.17) is 5.73 Å². The Hall–Kier alpha value is -1.28. The Morgan fingerprint density at radius 3 is 2.38 bits per heavy atom. The van der Waals surface area contributed by atoms with Crippen molar-refractivity contribution in [3.05, 3.63) is 24.3 Å². The van der Waals surface area contributed by atoms with Crippen LogP contribution in [0.5, 0.6) is 0 Å². The number of para-hydroxylation sites is 1. The highest BCUT2D eigenvalue weighted by atomic mass is 32.2. The van der Waals surface area contributed by atoms with Crippen molar-refractivity contribution in [1.82, 2.24) is 0 Å². The highest BCUT2D eigenvalue weighted by Gasteiger charge is 2.48. The van der Waals surface area contributed by atoms with Crippen LogP contribution in [0.15, 0.2) is 29.2 Å². The van der Waals surface area contributed by atoms with Crippen molar-refractivity contribution in [3.63, 3.8) is 0 Å². The summed E-state index contributed by atoms with van der Waals surface area (Å²) in [5, 5.41) is 0. The molecule has 1 aromatic rings. The van der Waals surface area contributed by atoms with E-state index in [1.807, 2.05) is 0 Å². The van der Waals surface area contributed by atoms with E-state index >= 15 is 0 Å². The third kappa shape index (κ3) is 3.32. The molecule has 1 fully saturated rings. The maximum Gasteiger partial charge on any atom is 0.501 e. The first-order valence-electron chi connectivity index (χ1n) is 6.66. The second-order valence-electron chi connectivity index (χ2n) is 4.98. The van der Waals surface area contributed by atoms with Gasteiger partial charge in [-0.1, -0.05) is 12.1 Å². The highest BCUT2D eigenvalue weighted by molar-refractivity contribution is 7.92. The molecule has 0 unspecified atom stereocenters. The van der Waals surface area contributed by atoms with Gasteiger partial charge in [0.25, 0.3) is 9.84 Å².